The quantitative estimate of drug-likeness (QED) is 0.551. The summed E-state index contributed by atoms with van der Waals surface area (Å²) in [6.07, 6.45) is 3.39. The maximum absolute atomic E-state index is 13.6. The number of rotatable bonds is 8. The Kier molecular flexibility index (Phi) is 9.94. The smallest absolute Gasteiger partial charge is 0.331 e. The molecule has 0 bridgehead atoms. The average molecular weight is 452 g/mol. The van der Waals surface area contributed by atoms with Crippen molar-refractivity contribution in [1.82, 2.24) is 15.1 Å². The predicted molar refractivity (Wildman–Crippen MR) is 128 cm³/mol. The number of carboxylic acid groups (broad SMARTS) is 1. The molecule has 1 heterocycles. The summed E-state index contributed by atoms with van der Waals surface area (Å²) in [5.74, 6) is -0.753. The minimum atomic E-state index is -1.00. The Bertz CT molecular complexity index is 708. The molecule has 2 N–H and O–H groups in total. The van der Waals surface area contributed by atoms with Crippen molar-refractivity contribution in [2.75, 3.05) is 13.6 Å². The van der Waals surface area contributed by atoms with Gasteiger partial charge in [-0.15, -0.1) is 0 Å². The van der Waals surface area contributed by atoms with Crippen molar-refractivity contribution in [3.63, 3.8) is 0 Å². The van der Waals surface area contributed by atoms with Crippen LogP contribution in [0, 0.1) is 17.3 Å². The molecule has 184 valence electrons. The van der Waals surface area contributed by atoms with E-state index in [-0.39, 0.29) is 41.4 Å². The summed E-state index contributed by atoms with van der Waals surface area (Å²) < 4.78 is 0. The number of amides is 2. The van der Waals surface area contributed by atoms with E-state index >= 15 is 0 Å². The van der Waals surface area contributed by atoms with Crippen LogP contribution in [-0.4, -0.2) is 70.4 Å². The summed E-state index contributed by atoms with van der Waals surface area (Å²) in [6.45, 7) is 18.5. The van der Waals surface area contributed by atoms with Gasteiger partial charge in [-0.2, -0.15) is 0 Å². The molecule has 1 aliphatic heterocycles. The van der Waals surface area contributed by atoms with Crippen molar-refractivity contribution in [3.8, 4) is 0 Å². The number of hydrogen-bond donors (Lipinski definition) is 2. The molecule has 0 radical (unpaired) electrons. The number of hydrogen-bond acceptors (Lipinski definition) is 4. The van der Waals surface area contributed by atoms with Crippen LogP contribution in [0.1, 0.15) is 75.2 Å². The number of carbonyl (C=O) groups is 3. The molecule has 7 nitrogen and oxygen atoms in total. The number of likely N-dealkylation sites (N-methyl/N-ethyl adjacent to an activating group) is 1. The first-order chi connectivity index (χ1) is 14.6. The van der Waals surface area contributed by atoms with Gasteiger partial charge >= 0.3 is 5.97 Å². The molecule has 0 saturated carbocycles. The zero-order valence-electron chi connectivity index (χ0n) is 21.7. The lowest BCUT2D eigenvalue weighted by Gasteiger charge is -2.42. The van der Waals surface area contributed by atoms with Crippen LogP contribution in [0.25, 0.3) is 0 Å². The molecule has 32 heavy (non-hydrogen) atoms. The van der Waals surface area contributed by atoms with Gasteiger partial charge in [0.1, 0.15) is 6.04 Å². The zero-order valence-corrected chi connectivity index (χ0v) is 21.7. The Balaban J connectivity index is 3.17. The second-order valence-corrected chi connectivity index (χ2v) is 11.1. The Morgan fingerprint density at radius 2 is 1.69 bits per heavy atom. The SMILES string of the molecule is C/C(=C\[C@H](C(C)C)N(C)C(=O)C(NC(=O)[C@H]1CC[C@@H](C)CN1C(C)C)C(C)(C)C)C(=O)O. The number of piperidine rings is 1. The normalized spacial score (nSPS) is 22.6. The lowest BCUT2D eigenvalue weighted by molar-refractivity contribution is -0.142. The van der Waals surface area contributed by atoms with E-state index in [0.29, 0.717) is 5.92 Å². The Labute approximate surface area is 194 Å². The van der Waals surface area contributed by atoms with Gasteiger partial charge in [-0.3, -0.25) is 14.5 Å². The van der Waals surface area contributed by atoms with Gasteiger partial charge in [-0.25, -0.2) is 4.79 Å². The second kappa shape index (κ2) is 11.3. The first kappa shape index (κ1) is 28.1. The molecule has 0 aliphatic carbocycles. The topological polar surface area (TPSA) is 90.0 Å². The molecule has 0 aromatic heterocycles. The molecule has 0 spiro atoms. The van der Waals surface area contributed by atoms with Gasteiger partial charge in [0.05, 0.1) is 12.1 Å². The fraction of sp³-hybridized carbons (Fsp3) is 0.800. The molecule has 1 fully saturated rings. The van der Waals surface area contributed by atoms with E-state index in [1.165, 1.54) is 6.92 Å². The molecule has 2 amide bonds. The standard InChI is InChI=1S/C25H45N3O4/c1-15(2)20(13-18(6)24(31)32)27(10)23(30)21(25(7,8)9)26-22(29)19-12-11-17(5)14-28(19)16(3)4/h13,15-17,19-21H,11-12,14H2,1-10H3,(H,26,29)(H,31,32)/b18-13+/t17-,19-,20-,21?/m1/s1. The molecular weight excluding hydrogens is 406 g/mol. The van der Waals surface area contributed by atoms with Crippen molar-refractivity contribution < 1.29 is 19.5 Å². The molecule has 0 aromatic carbocycles. The largest absolute Gasteiger partial charge is 0.478 e. The van der Waals surface area contributed by atoms with Gasteiger partial charge in [0.25, 0.3) is 0 Å². The van der Waals surface area contributed by atoms with Crippen LogP contribution in [0.4, 0.5) is 0 Å². The van der Waals surface area contributed by atoms with Crippen LogP contribution in [-0.2, 0) is 14.4 Å². The van der Waals surface area contributed by atoms with Gasteiger partial charge in [0.2, 0.25) is 11.8 Å². The highest BCUT2D eigenvalue weighted by Gasteiger charge is 2.40. The van der Waals surface area contributed by atoms with Gasteiger partial charge in [0, 0.05) is 25.2 Å². The predicted octanol–water partition coefficient (Wildman–Crippen LogP) is 3.54. The molecular formula is C25H45N3O4. The van der Waals surface area contributed by atoms with Crippen molar-refractivity contribution >= 4 is 17.8 Å². The first-order valence-corrected chi connectivity index (χ1v) is 11.8. The van der Waals surface area contributed by atoms with Crippen molar-refractivity contribution in [2.24, 2.45) is 17.3 Å². The number of carbonyl (C=O) groups excluding carboxylic acids is 2. The molecule has 7 heteroatoms. The second-order valence-electron chi connectivity index (χ2n) is 11.1. The van der Waals surface area contributed by atoms with E-state index in [4.69, 9.17) is 0 Å². The van der Waals surface area contributed by atoms with Crippen LogP contribution in [0.3, 0.4) is 0 Å². The fourth-order valence-corrected chi connectivity index (χ4v) is 4.36. The van der Waals surface area contributed by atoms with Gasteiger partial charge in [-0.05, 0) is 50.9 Å². The fourth-order valence-electron chi connectivity index (χ4n) is 4.36. The highest BCUT2D eigenvalue weighted by atomic mass is 16.4. The lowest BCUT2D eigenvalue weighted by atomic mass is 9.84. The van der Waals surface area contributed by atoms with Crippen LogP contribution in [0.2, 0.25) is 0 Å². The molecule has 0 aromatic rings. The number of aliphatic carboxylic acids is 1. The number of carboxylic acids is 1. The van der Waals surface area contributed by atoms with Crippen molar-refractivity contribution in [1.29, 1.82) is 0 Å². The summed E-state index contributed by atoms with van der Waals surface area (Å²) in [6, 6.07) is -1.10. The lowest BCUT2D eigenvalue weighted by Crippen LogP contribution is -2.61. The van der Waals surface area contributed by atoms with Gasteiger partial charge < -0.3 is 15.3 Å². The summed E-state index contributed by atoms with van der Waals surface area (Å²) in [4.78, 5) is 42.1. The molecule has 4 atom stereocenters. The van der Waals surface area contributed by atoms with E-state index in [1.54, 1.807) is 18.0 Å². The first-order valence-electron chi connectivity index (χ1n) is 11.8. The van der Waals surface area contributed by atoms with Crippen molar-refractivity contribution in [3.05, 3.63) is 11.6 Å². The highest BCUT2D eigenvalue weighted by Crippen LogP contribution is 2.27. The number of nitrogens with one attached hydrogen (secondary N) is 1. The van der Waals surface area contributed by atoms with Crippen LogP contribution >= 0.6 is 0 Å². The molecule has 1 rings (SSSR count). The van der Waals surface area contributed by atoms with E-state index < -0.39 is 17.4 Å². The van der Waals surface area contributed by atoms with Gasteiger partial charge in [-0.1, -0.05) is 47.6 Å². The monoisotopic (exact) mass is 451 g/mol. The summed E-state index contributed by atoms with van der Waals surface area (Å²) in [5, 5.41) is 12.4. The number of nitrogens with zero attached hydrogens (tertiary/aromatic N) is 2. The minimum absolute atomic E-state index is 0.0193. The third-order valence-corrected chi connectivity index (χ3v) is 6.46. The molecule has 1 aliphatic rings. The third kappa shape index (κ3) is 7.32. The van der Waals surface area contributed by atoms with E-state index in [1.807, 2.05) is 34.6 Å². The maximum atomic E-state index is 13.6. The molecule has 1 unspecified atom stereocenters. The van der Waals surface area contributed by atoms with Crippen LogP contribution < -0.4 is 5.32 Å². The van der Waals surface area contributed by atoms with Gasteiger partial charge in [0.15, 0.2) is 0 Å². The zero-order chi connectivity index (χ0) is 25.0. The van der Waals surface area contributed by atoms with Crippen LogP contribution in [0.15, 0.2) is 11.6 Å². The summed E-state index contributed by atoms with van der Waals surface area (Å²) >= 11 is 0. The Hall–Kier alpha value is -1.89. The Morgan fingerprint density at radius 1 is 1.12 bits per heavy atom. The van der Waals surface area contributed by atoms with E-state index in [2.05, 4.69) is 31.0 Å². The third-order valence-electron chi connectivity index (χ3n) is 6.46. The summed E-state index contributed by atoms with van der Waals surface area (Å²) in [5.41, 5.74) is -0.304. The number of likely N-dealkylation sites (tertiary alicyclic amines) is 1. The Morgan fingerprint density at radius 3 is 2.12 bits per heavy atom. The molecule has 1 saturated heterocycles. The maximum Gasteiger partial charge on any atom is 0.331 e. The van der Waals surface area contributed by atoms with Crippen molar-refractivity contribution in [2.45, 2.75) is 99.3 Å². The van der Waals surface area contributed by atoms with Crippen LogP contribution in [0.5, 0.6) is 0 Å². The van der Waals surface area contributed by atoms with E-state index in [9.17, 15) is 19.5 Å². The minimum Gasteiger partial charge on any atom is -0.478 e. The highest BCUT2D eigenvalue weighted by molar-refractivity contribution is 5.91. The van der Waals surface area contributed by atoms with E-state index in [0.717, 1.165) is 19.4 Å². The summed E-state index contributed by atoms with van der Waals surface area (Å²) in [7, 11) is 1.69. The average Bonchev–Trinajstić information content (AvgIpc) is 2.67.